The number of rotatable bonds is 12. The third-order valence-electron chi connectivity index (χ3n) is 4.89. The van der Waals surface area contributed by atoms with Gasteiger partial charge in [0.1, 0.15) is 11.5 Å². The average molecular weight is 463 g/mol. The van der Waals surface area contributed by atoms with E-state index in [1.165, 1.54) is 32.8 Å². The molecule has 0 aliphatic rings. The van der Waals surface area contributed by atoms with Gasteiger partial charge in [0, 0.05) is 27.1 Å². The van der Waals surface area contributed by atoms with E-state index in [4.69, 9.17) is 9.47 Å². The highest BCUT2D eigenvalue weighted by molar-refractivity contribution is 7.89. The molecule has 1 amide bonds. The van der Waals surface area contributed by atoms with Gasteiger partial charge in [-0.25, -0.2) is 12.7 Å². The zero-order valence-electron chi connectivity index (χ0n) is 19.6. The van der Waals surface area contributed by atoms with Crippen molar-refractivity contribution in [3.63, 3.8) is 0 Å². The monoisotopic (exact) mass is 462 g/mol. The van der Waals surface area contributed by atoms with Crippen LogP contribution in [-0.2, 0) is 27.7 Å². The normalized spacial score (nSPS) is 11.6. The van der Waals surface area contributed by atoms with E-state index in [1.807, 2.05) is 32.0 Å². The van der Waals surface area contributed by atoms with Crippen molar-refractivity contribution in [2.24, 2.45) is 0 Å². The summed E-state index contributed by atoms with van der Waals surface area (Å²) in [5.74, 6) is 1.35. The Morgan fingerprint density at radius 1 is 1.09 bits per heavy atom. The maximum Gasteiger partial charge on any atom is 0.242 e. The molecule has 0 bridgehead atoms. The lowest BCUT2D eigenvalue weighted by Crippen LogP contribution is -2.25. The van der Waals surface area contributed by atoms with Crippen LogP contribution in [0.15, 0.2) is 47.4 Å². The van der Waals surface area contributed by atoms with Crippen molar-refractivity contribution >= 4 is 15.9 Å². The number of ether oxygens (including phenoxy) is 2. The predicted molar refractivity (Wildman–Crippen MR) is 126 cm³/mol. The maximum atomic E-state index is 12.4. The zero-order valence-corrected chi connectivity index (χ0v) is 20.4. The highest BCUT2D eigenvalue weighted by atomic mass is 32.2. The number of hydrogen-bond acceptors (Lipinski definition) is 5. The van der Waals surface area contributed by atoms with Gasteiger partial charge in [-0.15, -0.1) is 0 Å². The third kappa shape index (κ3) is 7.53. The quantitative estimate of drug-likeness (QED) is 0.489. The summed E-state index contributed by atoms with van der Waals surface area (Å²) in [5.41, 5.74) is 1.86. The molecular formula is C24H34N2O5S. The SMILES string of the molecule is COc1ccc(S(=O)(=O)N(C)C)cc1CCC(=O)NCCCc1cccc(OC(C)C)c1. The van der Waals surface area contributed by atoms with E-state index >= 15 is 0 Å². The number of carbonyl (C=O) groups excluding carboxylic acids is 1. The maximum absolute atomic E-state index is 12.4. The highest BCUT2D eigenvalue weighted by Crippen LogP contribution is 2.25. The van der Waals surface area contributed by atoms with E-state index in [9.17, 15) is 13.2 Å². The second kappa shape index (κ2) is 11.9. The molecule has 2 aromatic carbocycles. The van der Waals surface area contributed by atoms with E-state index in [-0.39, 0.29) is 23.3 Å². The number of methoxy groups -OCH3 is 1. The molecule has 0 heterocycles. The Morgan fingerprint density at radius 3 is 2.50 bits per heavy atom. The van der Waals surface area contributed by atoms with Crippen molar-refractivity contribution in [2.45, 2.75) is 50.5 Å². The topological polar surface area (TPSA) is 84.9 Å². The number of aryl methyl sites for hydroxylation is 2. The molecular weight excluding hydrogens is 428 g/mol. The summed E-state index contributed by atoms with van der Waals surface area (Å²) >= 11 is 0. The molecule has 0 aliphatic heterocycles. The number of nitrogens with one attached hydrogen (secondary N) is 1. The van der Waals surface area contributed by atoms with Gasteiger partial charge in [-0.05, 0) is 74.6 Å². The summed E-state index contributed by atoms with van der Waals surface area (Å²) in [4.78, 5) is 12.5. The molecule has 176 valence electrons. The summed E-state index contributed by atoms with van der Waals surface area (Å²) in [6.45, 7) is 4.56. The zero-order chi connectivity index (χ0) is 23.7. The van der Waals surface area contributed by atoms with Crippen LogP contribution in [-0.4, -0.2) is 52.5 Å². The first-order chi connectivity index (χ1) is 15.1. The summed E-state index contributed by atoms with van der Waals surface area (Å²) in [6, 6.07) is 12.7. The Morgan fingerprint density at radius 2 is 1.84 bits per heavy atom. The standard InChI is InChI=1S/C24H34N2O5S/c1-18(2)31-21-10-6-8-19(16-21)9-7-15-25-24(27)14-11-20-17-22(12-13-23(20)30-5)32(28,29)26(3)4/h6,8,10,12-13,16-18H,7,9,11,14-15H2,1-5H3,(H,25,27). The second-order valence-electron chi connectivity index (χ2n) is 8.03. The lowest BCUT2D eigenvalue weighted by atomic mass is 10.1. The molecule has 0 fully saturated rings. The van der Waals surface area contributed by atoms with E-state index in [0.29, 0.717) is 24.3 Å². The van der Waals surface area contributed by atoms with Gasteiger partial charge in [0.15, 0.2) is 0 Å². The minimum Gasteiger partial charge on any atom is -0.496 e. The van der Waals surface area contributed by atoms with Crippen LogP contribution < -0.4 is 14.8 Å². The van der Waals surface area contributed by atoms with Crippen molar-refractivity contribution in [3.05, 3.63) is 53.6 Å². The number of hydrogen-bond donors (Lipinski definition) is 1. The third-order valence-corrected chi connectivity index (χ3v) is 6.70. The largest absolute Gasteiger partial charge is 0.496 e. The number of nitrogens with zero attached hydrogens (tertiary/aromatic N) is 1. The average Bonchev–Trinajstić information content (AvgIpc) is 2.74. The molecule has 2 aromatic rings. The van der Waals surface area contributed by atoms with Gasteiger partial charge in [0.05, 0.1) is 18.1 Å². The van der Waals surface area contributed by atoms with Crippen LogP contribution >= 0.6 is 0 Å². The van der Waals surface area contributed by atoms with Gasteiger partial charge < -0.3 is 14.8 Å². The first-order valence-electron chi connectivity index (χ1n) is 10.7. The predicted octanol–water partition coefficient (Wildman–Crippen LogP) is 3.41. The van der Waals surface area contributed by atoms with Gasteiger partial charge in [-0.1, -0.05) is 12.1 Å². The molecule has 8 heteroatoms. The van der Waals surface area contributed by atoms with Gasteiger partial charge in [-0.3, -0.25) is 4.79 Å². The van der Waals surface area contributed by atoms with Gasteiger partial charge in [0.25, 0.3) is 0 Å². The van der Waals surface area contributed by atoms with Gasteiger partial charge in [-0.2, -0.15) is 0 Å². The molecule has 0 aromatic heterocycles. The summed E-state index contributed by atoms with van der Waals surface area (Å²) in [5, 5.41) is 2.93. The number of benzene rings is 2. The van der Waals surface area contributed by atoms with Gasteiger partial charge >= 0.3 is 0 Å². The Hall–Kier alpha value is -2.58. The van der Waals surface area contributed by atoms with Crippen molar-refractivity contribution in [2.75, 3.05) is 27.7 Å². The van der Waals surface area contributed by atoms with Crippen LogP contribution in [0.3, 0.4) is 0 Å². The van der Waals surface area contributed by atoms with E-state index in [1.54, 1.807) is 12.1 Å². The number of sulfonamides is 1. The molecule has 0 radical (unpaired) electrons. The van der Waals surface area contributed by atoms with Crippen LogP contribution in [0.1, 0.15) is 37.8 Å². The lowest BCUT2D eigenvalue weighted by Gasteiger charge is -2.14. The van der Waals surface area contributed by atoms with Crippen molar-refractivity contribution in [3.8, 4) is 11.5 Å². The number of amides is 1. The fraction of sp³-hybridized carbons (Fsp3) is 0.458. The van der Waals surface area contributed by atoms with Crippen molar-refractivity contribution in [1.82, 2.24) is 9.62 Å². The Kier molecular flexibility index (Phi) is 9.53. The minimum atomic E-state index is -3.55. The van der Waals surface area contributed by atoms with E-state index < -0.39 is 10.0 Å². The van der Waals surface area contributed by atoms with Crippen molar-refractivity contribution in [1.29, 1.82) is 0 Å². The summed E-state index contributed by atoms with van der Waals surface area (Å²) in [6.07, 6.45) is 2.43. The fourth-order valence-corrected chi connectivity index (χ4v) is 4.18. The Labute approximate surface area is 191 Å². The molecule has 32 heavy (non-hydrogen) atoms. The van der Waals surface area contributed by atoms with Crippen LogP contribution in [0.4, 0.5) is 0 Å². The molecule has 0 saturated heterocycles. The number of carbonyl (C=O) groups is 1. The molecule has 0 saturated carbocycles. The Bertz CT molecular complexity index is 1000. The van der Waals surface area contributed by atoms with Gasteiger partial charge in [0.2, 0.25) is 15.9 Å². The van der Waals surface area contributed by atoms with Crippen LogP contribution in [0.25, 0.3) is 0 Å². The highest BCUT2D eigenvalue weighted by Gasteiger charge is 2.19. The van der Waals surface area contributed by atoms with E-state index in [2.05, 4.69) is 11.4 Å². The smallest absolute Gasteiger partial charge is 0.242 e. The second-order valence-corrected chi connectivity index (χ2v) is 10.2. The molecule has 0 atom stereocenters. The first-order valence-corrected chi connectivity index (χ1v) is 12.2. The van der Waals surface area contributed by atoms with Crippen molar-refractivity contribution < 1.29 is 22.7 Å². The molecule has 0 spiro atoms. The molecule has 7 nitrogen and oxygen atoms in total. The first kappa shape index (κ1) is 25.7. The summed E-state index contributed by atoms with van der Waals surface area (Å²) in [7, 11) is 0.952. The molecule has 1 N–H and O–H groups in total. The minimum absolute atomic E-state index is 0.0789. The van der Waals surface area contributed by atoms with E-state index in [0.717, 1.165) is 22.9 Å². The van der Waals surface area contributed by atoms with Crippen LogP contribution in [0.5, 0.6) is 11.5 Å². The molecule has 0 unspecified atom stereocenters. The molecule has 2 rings (SSSR count). The molecule has 0 aliphatic carbocycles. The fourth-order valence-electron chi connectivity index (χ4n) is 3.22. The lowest BCUT2D eigenvalue weighted by molar-refractivity contribution is -0.121. The summed E-state index contributed by atoms with van der Waals surface area (Å²) < 4.78 is 37.0. The van der Waals surface area contributed by atoms with Crippen LogP contribution in [0.2, 0.25) is 0 Å². The Balaban J connectivity index is 1.85. The van der Waals surface area contributed by atoms with Crippen LogP contribution in [0, 0.1) is 0 Å².